The minimum atomic E-state index is -0.575. The molecule has 0 saturated heterocycles. The molecule has 0 unspecified atom stereocenters. The molecule has 6 heteroatoms. The highest BCUT2D eigenvalue weighted by atomic mass is 79.9. The summed E-state index contributed by atoms with van der Waals surface area (Å²) in [5.41, 5.74) is 0.957. The molecule has 0 aliphatic carbocycles. The molecule has 21 heavy (non-hydrogen) atoms. The van der Waals surface area contributed by atoms with Crippen molar-refractivity contribution in [1.82, 2.24) is 0 Å². The molecule has 1 amide bonds. The molecule has 0 atom stereocenters. The predicted molar refractivity (Wildman–Crippen MR) is 84.5 cm³/mol. The zero-order chi connectivity index (χ0) is 15.2. The summed E-state index contributed by atoms with van der Waals surface area (Å²) in [5, 5.41) is 3.17. The van der Waals surface area contributed by atoms with Crippen LogP contribution >= 0.6 is 27.5 Å². The van der Waals surface area contributed by atoms with Crippen LogP contribution in [0.5, 0.6) is 0 Å². The van der Waals surface area contributed by atoms with E-state index in [1.54, 1.807) is 30.3 Å². The molecule has 0 spiro atoms. The van der Waals surface area contributed by atoms with Crippen LogP contribution < -0.4 is 5.32 Å². The standard InChI is InChI=1S/C15H11BrClNO3/c16-12-3-1-2-4-13(12)18-14(19)9-21-15(20)10-5-7-11(17)8-6-10/h1-8H,9H2,(H,18,19). The van der Waals surface area contributed by atoms with Gasteiger partial charge in [-0.1, -0.05) is 23.7 Å². The largest absolute Gasteiger partial charge is 0.452 e. The molecule has 0 radical (unpaired) electrons. The highest BCUT2D eigenvalue weighted by molar-refractivity contribution is 9.10. The molecule has 4 nitrogen and oxygen atoms in total. The van der Waals surface area contributed by atoms with Crippen LogP contribution in [0.4, 0.5) is 5.69 Å². The summed E-state index contributed by atoms with van der Waals surface area (Å²) >= 11 is 9.04. The highest BCUT2D eigenvalue weighted by Crippen LogP contribution is 2.21. The van der Waals surface area contributed by atoms with Crippen LogP contribution in [-0.4, -0.2) is 18.5 Å². The van der Waals surface area contributed by atoms with Gasteiger partial charge in [-0.3, -0.25) is 4.79 Å². The summed E-state index contributed by atoms with van der Waals surface area (Å²) in [6.07, 6.45) is 0. The number of carbonyl (C=O) groups is 2. The second-order valence-corrected chi connectivity index (χ2v) is 5.40. The minimum Gasteiger partial charge on any atom is -0.452 e. The smallest absolute Gasteiger partial charge is 0.338 e. The summed E-state index contributed by atoms with van der Waals surface area (Å²) in [6.45, 7) is -0.358. The van der Waals surface area contributed by atoms with Crippen LogP contribution in [-0.2, 0) is 9.53 Å². The zero-order valence-corrected chi connectivity index (χ0v) is 13.1. The second kappa shape index (κ2) is 7.24. The molecule has 0 aromatic heterocycles. The van der Waals surface area contributed by atoms with Gasteiger partial charge in [0.2, 0.25) is 0 Å². The maximum absolute atomic E-state index is 11.7. The summed E-state index contributed by atoms with van der Waals surface area (Å²) < 4.78 is 5.68. The van der Waals surface area contributed by atoms with Crippen molar-refractivity contribution in [3.05, 3.63) is 63.6 Å². The lowest BCUT2D eigenvalue weighted by Gasteiger charge is -2.08. The summed E-state index contributed by atoms with van der Waals surface area (Å²) in [7, 11) is 0. The lowest BCUT2D eigenvalue weighted by molar-refractivity contribution is -0.119. The fourth-order valence-electron chi connectivity index (χ4n) is 1.55. The molecule has 2 aromatic carbocycles. The first-order valence-electron chi connectivity index (χ1n) is 6.03. The molecule has 0 bridgehead atoms. The van der Waals surface area contributed by atoms with Crippen LogP contribution in [0.2, 0.25) is 5.02 Å². The van der Waals surface area contributed by atoms with Gasteiger partial charge >= 0.3 is 5.97 Å². The summed E-state index contributed by atoms with van der Waals surface area (Å²) in [5.74, 6) is -0.988. The number of ether oxygens (including phenoxy) is 1. The molecule has 1 N–H and O–H groups in total. The van der Waals surface area contributed by atoms with Crippen molar-refractivity contribution in [3.8, 4) is 0 Å². The molecule has 0 aliphatic rings. The van der Waals surface area contributed by atoms with E-state index in [0.29, 0.717) is 16.3 Å². The summed E-state index contributed by atoms with van der Waals surface area (Å²) in [6, 6.07) is 13.4. The van der Waals surface area contributed by atoms with E-state index in [-0.39, 0.29) is 6.61 Å². The monoisotopic (exact) mass is 367 g/mol. The number of rotatable bonds is 4. The first kappa shape index (κ1) is 15.5. The number of hydrogen-bond donors (Lipinski definition) is 1. The van der Waals surface area contributed by atoms with Gasteiger partial charge in [0.25, 0.3) is 5.91 Å². The van der Waals surface area contributed by atoms with Crippen molar-refractivity contribution in [3.63, 3.8) is 0 Å². The number of anilines is 1. The fourth-order valence-corrected chi connectivity index (χ4v) is 2.06. The minimum absolute atomic E-state index is 0.341. The Labute approximate surface area is 135 Å². The molecule has 2 rings (SSSR count). The SMILES string of the molecule is O=C(COC(=O)c1ccc(Cl)cc1)Nc1ccccc1Br. The fraction of sp³-hybridized carbons (Fsp3) is 0.0667. The topological polar surface area (TPSA) is 55.4 Å². The van der Waals surface area contributed by atoms with Gasteiger partial charge < -0.3 is 10.1 Å². The van der Waals surface area contributed by atoms with Gasteiger partial charge in [0.1, 0.15) is 0 Å². The molecule has 2 aromatic rings. The third-order valence-corrected chi connectivity index (χ3v) is 3.51. The third-order valence-electron chi connectivity index (χ3n) is 2.56. The van der Waals surface area contributed by atoms with Gasteiger partial charge in [-0.2, -0.15) is 0 Å². The Bertz CT molecular complexity index is 658. The number of esters is 1. The van der Waals surface area contributed by atoms with Gasteiger partial charge in [0, 0.05) is 9.50 Å². The van der Waals surface area contributed by atoms with E-state index in [4.69, 9.17) is 16.3 Å². The first-order valence-corrected chi connectivity index (χ1v) is 7.20. The predicted octanol–water partition coefficient (Wildman–Crippen LogP) is 3.90. The van der Waals surface area contributed by atoms with E-state index < -0.39 is 11.9 Å². The number of nitrogens with one attached hydrogen (secondary N) is 1. The normalized spacial score (nSPS) is 10.0. The Morgan fingerprint density at radius 2 is 1.76 bits per heavy atom. The van der Waals surface area contributed by atoms with Crippen LogP contribution in [0.3, 0.4) is 0 Å². The maximum atomic E-state index is 11.7. The van der Waals surface area contributed by atoms with Crippen LogP contribution in [0.15, 0.2) is 53.0 Å². The average molecular weight is 369 g/mol. The average Bonchev–Trinajstić information content (AvgIpc) is 2.48. The lowest BCUT2D eigenvalue weighted by Crippen LogP contribution is -2.21. The second-order valence-electron chi connectivity index (χ2n) is 4.11. The number of benzene rings is 2. The van der Waals surface area contributed by atoms with E-state index in [1.807, 2.05) is 6.07 Å². The van der Waals surface area contributed by atoms with E-state index >= 15 is 0 Å². The van der Waals surface area contributed by atoms with Gasteiger partial charge in [-0.05, 0) is 52.3 Å². The Balaban J connectivity index is 1.88. The van der Waals surface area contributed by atoms with Crippen LogP contribution in [0.25, 0.3) is 0 Å². The van der Waals surface area contributed by atoms with Gasteiger partial charge in [-0.15, -0.1) is 0 Å². The van der Waals surface area contributed by atoms with Crippen molar-refractivity contribution >= 4 is 45.1 Å². The molecule has 0 fully saturated rings. The van der Waals surface area contributed by atoms with Gasteiger partial charge in [-0.25, -0.2) is 4.79 Å². The Kier molecular flexibility index (Phi) is 5.36. The summed E-state index contributed by atoms with van der Waals surface area (Å²) in [4.78, 5) is 23.4. The van der Waals surface area contributed by atoms with Crippen molar-refractivity contribution in [2.45, 2.75) is 0 Å². The van der Waals surface area contributed by atoms with Gasteiger partial charge in [0.15, 0.2) is 6.61 Å². The first-order chi connectivity index (χ1) is 10.1. The molecule has 0 heterocycles. The molecular formula is C15H11BrClNO3. The Hall–Kier alpha value is -1.85. The molecular weight excluding hydrogens is 358 g/mol. The van der Waals surface area contributed by atoms with Crippen molar-refractivity contribution in [2.75, 3.05) is 11.9 Å². The quantitative estimate of drug-likeness (QED) is 0.833. The number of halogens is 2. The van der Waals surface area contributed by atoms with E-state index in [1.165, 1.54) is 12.1 Å². The Morgan fingerprint density at radius 1 is 1.10 bits per heavy atom. The van der Waals surface area contributed by atoms with E-state index in [0.717, 1.165) is 4.47 Å². The maximum Gasteiger partial charge on any atom is 0.338 e. The van der Waals surface area contributed by atoms with Crippen molar-refractivity contribution < 1.29 is 14.3 Å². The number of para-hydroxylation sites is 1. The van der Waals surface area contributed by atoms with Crippen molar-refractivity contribution in [2.24, 2.45) is 0 Å². The van der Waals surface area contributed by atoms with E-state index in [9.17, 15) is 9.59 Å². The van der Waals surface area contributed by atoms with Gasteiger partial charge in [0.05, 0.1) is 11.3 Å². The third kappa shape index (κ3) is 4.58. The van der Waals surface area contributed by atoms with Crippen LogP contribution in [0, 0.1) is 0 Å². The lowest BCUT2D eigenvalue weighted by atomic mass is 10.2. The van der Waals surface area contributed by atoms with Crippen molar-refractivity contribution in [1.29, 1.82) is 0 Å². The number of hydrogen-bond acceptors (Lipinski definition) is 3. The molecule has 0 aliphatic heterocycles. The molecule has 0 saturated carbocycles. The number of amides is 1. The van der Waals surface area contributed by atoms with Crippen LogP contribution in [0.1, 0.15) is 10.4 Å². The highest BCUT2D eigenvalue weighted by Gasteiger charge is 2.11. The zero-order valence-electron chi connectivity index (χ0n) is 10.8. The number of carbonyl (C=O) groups excluding carboxylic acids is 2. The van der Waals surface area contributed by atoms with E-state index in [2.05, 4.69) is 21.2 Å². The molecule has 108 valence electrons. The Morgan fingerprint density at radius 3 is 2.43 bits per heavy atom.